The standard InChI is InChI=1S/C19H28O3/c1-19-7-6-15-14-5-3-13(21)8-11(14)2-4-16(15)17(19)9-12(10-20)18(19)22/h8,12,14-18,20,22H,2-7,9-10H2,1H3/t12-,14+,15-,16-,17+,18-,19+/m1/s1. The van der Waals surface area contributed by atoms with Gasteiger partial charge in [-0.25, -0.2) is 0 Å². The first kappa shape index (κ1) is 14.9. The largest absolute Gasteiger partial charge is 0.396 e. The lowest BCUT2D eigenvalue weighted by Gasteiger charge is -2.53. The average Bonchev–Trinajstić information content (AvgIpc) is 2.78. The summed E-state index contributed by atoms with van der Waals surface area (Å²) in [6, 6.07) is 0. The van der Waals surface area contributed by atoms with Gasteiger partial charge in [-0.05, 0) is 73.7 Å². The topological polar surface area (TPSA) is 57.5 Å². The summed E-state index contributed by atoms with van der Waals surface area (Å²) >= 11 is 0. The predicted octanol–water partition coefficient (Wildman–Crippen LogP) is 2.71. The molecule has 122 valence electrons. The maximum Gasteiger partial charge on any atom is 0.155 e. The highest BCUT2D eigenvalue weighted by Crippen LogP contribution is 2.62. The fourth-order valence-electron chi connectivity index (χ4n) is 6.51. The second kappa shape index (κ2) is 5.17. The first-order chi connectivity index (χ1) is 10.5. The van der Waals surface area contributed by atoms with Crippen LogP contribution in [-0.4, -0.2) is 28.7 Å². The van der Waals surface area contributed by atoms with Crippen LogP contribution in [-0.2, 0) is 4.79 Å². The number of aliphatic hydroxyl groups excluding tert-OH is 2. The van der Waals surface area contributed by atoms with Crippen molar-refractivity contribution < 1.29 is 15.0 Å². The molecule has 3 nitrogen and oxygen atoms in total. The van der Waals surface area contributed by atoms with Gasteiger partial charge < -0.3 is 10.2 Å². The summed E-state index contributed by atoms with van der Waals surface area (Å²) < 4.78 is 0. The van der Waals surface area contributed by atoms with E-state index >= 15 is 0 Å². The Hall–Kier alpha value is -0.670. The van der Waals surface area contributed by atoms with Gasteiger partial charge in [-0.3, -0.25) is 4.79 Å². The van der Waals surface area contributed by atoms with Crippen LogP contribution in [0.15, 0.2) is 11.6 Å². The summed E-state index contributed by atoms with van der Waals surface area (Å²) in [4.78, 5) is 11.7. The maximum absolute atomic E-state index is 11.7. The third-order valence-electron chi connectivity index (χ3n) is 7.65. The van der Waals surface area contributed by atoms with E-state index in [1.807, 2.05) is 6.08 Å². The number of fused-ring (bicyclic) bond motifs is 5. The van der Waals surface area contributed by atoms with Gasteiger partial charge in [0.25, 0.3) is 0 Å². The predicted molar refractivity (Wildman–Crippen MR) is 84.1 cm³/mol. The molecule has 2 N–H and O–H groups in total. The van der Waals surface area contributed by atoms with E-state index in [0.717, 1.165) is 32.1 Å². The zero-order valence-corrected chi connectivity index (χ0v) is 13.5. The zero-order chi connectivity index (χ0) is 15.5. The summed E-state index contributed by atoms with van der Waals surface area (Å²) in [5, 5.41) is 20.3. The van der Waals surface area contributed by atoms with Crippen molar-refractivity contribution >= 4 is 5.78 Å². The lowest BCUT2D eigenvalue weighted by Crippen LogP contribution is -2.47. The molecule has 0 spiro atoms. The normalized spacial score (nSPS) is 50.9. The molecule has 0 aromatic heterocycles. The second-order valence-electron chi connectivity index (χ2n) is 8.47. The summed E-state index contributed by atoms with van der Waals surface area (Å²) in [7, 11) is 0. The van der Waals surface area contributed by atoms with Crippen molar-refractivity contribution in [1.82, 2.24) is 0 Å². The Balaban J connectivity index is 1.62. The van der Waals surface area contributed by atoms with Crippen molar-refractivity contribution in [3.8, 4) is 0 Å². The van der Waals surface area contributed by atoms with Crippen LogP contribution in [0.25, 0.3) is 0 Å². The van der Waals surface area contributed by atoms with Crippen LogP contribution in [0.4, 0.5) is 0 Å². The van der Waals surface area contributed by atoms with E-state index in [9.17, 15) is 15.0 Å². The van der Waals surface area contributed by atoms with Gasteiger partial charge in [0.2, 0.25) is 0 Å². The lowest BCUT2D eigenvalue weighted by molar-refractivity contribution is -0.116. The summed E-state index contributed by atoms with van der Waals surface area (Å²) in [5.74, 6) is 2.95. The molecule has 0 radical (unpaired) electrons. The molecule has 0 aliphatic heterocycles. The van der Waals surface area contributed by atoms with Crippen LogP contribution in [0.3, 0.4) is 0 Å². The quantitative estimate of drug-likeness (QED) is 0.783. The van der Waals surface area contributed by atoms with Crippen molar-refractivity contribution in [3.63, 3.8) is 0 Å². The molecule has 4 rings (SSSR count). The first-order valence-electron chi connectivity index (χ1n) is 9.07. The molecular formula is C19H28O3. The molecule has 3 heteroatoms. The van der Waals surface area contributed by atoms with E-state index in [-0.39, 0.29) is 24.0 Å². The minimum Gasteiger partial charge on any atom is -0.396 e. The summed E-state index contributed by atoms with van der Waals surface area (Å²) in [5.41, 5.74) is 1.42. The number of rotatable bonds is 1. The fraction of sp³-hybridized carbons (Fsp3) is 0.842. The Bertz CT molecular complexity index is 511. The monoisotopic (exact) mass is 304 g/mol. The summed E-state index contributed by atoms with van der Waals surface area (Å²) in [6.45, 7) is 2.37. The van der Waals surface area contributed by atoms with Crippen LogP contribution in [0, 0.1) is 35.0 Å². The zero-order valence-electron chi connectivity index (χ0n) is 13.5. The Morgan fingerprint density at radius 2 is 2.05 bits per heavy atom. The van der Waals surface area contributed by atoms with E-state index in [4.69, 9.17) is 0 Å². The Labute approximate surface area is 132 Å². The number of ketones is 1. The van der Waals surface area contributed by atoms with E-state index in [1.54, 1.807) is 0 Å². The number of hydrogen-bond donors (Lipinski definition) is 2. The number of allylic oxidation sites excluding steroid dienone is 1. The van der Waals surface area contributed by atoms with E-state index in [1.165, 1.54) is 18.4 Å². The van der Waals surface area contributed by atoms with Crippen LogP contribution < -0.4 is 0 Å². The van der Waals surface area contributed by atoms with Crippen LogP contribution in [0.1, 0.15) is 51.9 Å². The smallest absolute Gasteiger partial charge is 0.155 e. The van der Waals surface area contributed by atoms with Crippen molar-refractivity contribution in [2.75, 3.05) is 6.61 Å². The van der Waals surface area contributed by atoms with Gasteiger partial charge in [0, 0.05) is 18.9 Å². The van der Waals surface area contributed by atoms with Gasteiger partial charge in [-0.15, -0.1) is 0 Å². The van der Waals surface area contributed by atoms with Gasteiger partial charge >= 0.3 is 0 Å². The van der Waals surface area contributed by atoms with Crippen LogP contribution >= 0.6 is 0 Å². The van der Waals surface area contributed by atoms with E-state index in [0.29, 0.717) is 29.5 Å². The molecule has 0 saturated heterocycles. The minimum absolute atomic E-state index is 0.000265. The van der Waals surface area contributed by atoms with Gasteiger partial charge in [0.1, 0.15) is 0 Å². The van der Waals surface area contributed by atoms with Crippen LogP contribution in [0.2, 0.25) is 0 Å². The van der Waals surface area contributed by atoms with Crippen molar-refractivity contribution in [2.24, 2.45) is 35.0 Å². The third kappa shape index (κ3) is 1.98. The summed E-state index contributed by atoms with van der Waals surface area (Å²) in [6.07, 6.45) is 8.86. The molecule has 4 aliphatic rings. The highest BCUT2D eigenvalue weighted by Gasteiger charge is 2.58. The first-order valence-corrected chi connectivity index (χ1v) is 9.07. The Morgan fingerprint density at radius 3 is 2.82 bits per heavy atom. The molecule has 0 aromatic carbocycles. The number of aliphatic hydroxyl groups is 2. The number of hydrogen-bond acceptors (Lipinski definition) is 3. The Morgan fingerprint density at radius 1 is 1.23 bits per heavy atom. The molecule has 0 aromatic rings. The van der Waals surface area contributed by atoms with E-state index in [2.05, 4.69) is 6.92 Å². The second-order valence-corrected chi connectivity index (χ2v) is 8.47. The molecule has 3 fully saturated rings. The molecule has 0 amide bonds. The molecule has 3 saturated carbocycles. The maximum atomic E-state index is 11.7. The molecule has 0 unspecified atom stereocenters. The van der Waals surface area contributed by atoms with Gasteiger partial charge in [0.15, 0.2) is 5.78 Å². The van der Waals surface area contributed by atoms with Crippen molar-refractivity contribution in [2.45, 2.75) is 58.0 Å². The highest BCUT2D eigenvalue weighted by molar-refractivity contribution is 5.91. The van der Waals surface area contributed by atoms with Crippen molar-refractivity contribution in [1.29, 1.82) is 0 Å². The molecular weight excluding hydrogens is 276 g/mol. The highest BCUT2D eigenvalue weighted by atomic mass is 16.3. The molecule has 0 bridgehead atoms. The number of carbonyl (C=O) groups excluding carboxylic acids is 1. The van der Waals surface area contributed by atoms with Gasteiger partial charge in [-0.2, -0.15) is 0 Å². The molecule has 22 heavy (non-hydrogen) atoms. The average molecular weight is 304 g/mol. The third-order valence-corrected chi connectivity index (χ3v) is 7.65. The minimum atomic E-state index is -0.340. The Kier molecular flexibility index (Phi) is 3.50. The van der Waals surface area contributed by atoms with E-state index < -0.39 is 0 Å². The van der Waals surface area contributed by atoms with Crippen molar-refractivity contribution in [3.05, 3.63) is 11.6 Å². The van der Waals surface area contributed by atoms with Gasteiger partial charge in [0.05, 0.1) is 6.10 Å². The fourth-order valence-corrected chi connectivity index (χ4v) is 6.51. The SMILES string of the molecule is C[C@]12CC[C@H]3[C@@H](CCC4=CC(=O)CC[C@@H]43)[C@@H]1C[C@H](CO)[C@H]2O. The van der Waals surface area contributed by atoms with Gasteiger partial charge in [-0.1, -0.05) is 12.5 Å². The molecule has 0 heterocycles. The lowest BCUT2D eigenvalue weighted by atomic mass is 9.52. The molecule has 4 aliphatic carbocycles. The molecule has 7 atom stereocenters. The number of carbonyl (C=O) groups is 1. The van der Waals surface area contributed by atoms with Crippen LogP contribution in [0.5, 0.6) is 0 Å².